The van der Waals surface area contributed by atoms with Crippen LogP contribution in [0.5, 0.6) is 0 Å². The van der Waals surface area contributed by atoms with E-state index in [1.54, 1.807) is 6.08 Å². The lowest BCUT2D eigenvalue weighted by Crippen LogP contribution is -1.95. The summed E-state index contributed by atoms with van der Waals surface area (Å²) in [4.78, 5) is 9.87. The van der Waals surface area contributed by atoms with E-state index < -0.39 is 6.04 Å². The van der Waals surface area contributed by atoms with E-state index >= 15 is 0 Å². The van der Waals surface area contributed by atoms with Crippen molar-refractivity contribution in [2.75, 3.05) is 13.2 Å². The highest BCUT2D eigenvalue weighted by Crippen LogP contribution is 2.01. The Morgan fingerprint density at radius 3 is 2.62 bits per heavy atom. The highest BCUT2D eigenvalue weighted by Gasteiger charge is 1.96. The summed E-state index contributed by atoms with van der Waals surface area (Å²) >= 11 is 0. The minimum Gasteiger partial charge on any atom is -0.377 e. The maximum atomic E-state index is 11.6. The van der Waals surface area contributed by atoms with Crippen LogP contribution in [-0.4, -0.2) is 19.3 Å². The van der Waals surface area contributed by atoms with Crippen LogP contribution < -0.4 is 0 Å². The van der Waals surface area contributed by atoms with Gasteiger partial charge in [-0.2, -0.15) is 4.39 Å². The first-order valence-corrected chi connectivity index (χ1v) is 4.14. The molecular formula is C9H16F2O2. The molecule has 0 aromatic rings. The number of rotatable bonds is 8. The molecule has 0 saturated heterocycles. The molecule has 0 aliphatic heterocycles. The molecular weight excluding hydrogens is 178 g/mol. The Morgan fingerprint density at radius 1 is 1.38 bits per heavy atom. The molecule has 78 valence electrons. The molecule has 2 nitrogen and oxygen atoms in total. The van der Waals surface area contributed by atoms with Crippen LogP contribution in [0.2, 0.25) is 0 Å². The van der Waals surface area contributed by atoms with Crippen LogP contribution in [-0.2, 0) is 9.53 Å². The smallest absolute Gasteiger partial charge is 0.301 e. The second kappa shape index (κ2) is 11.2. The van der Waals surface area contributed by atoms with Crippen molar-refractivity contribution < 1.29 is 18.6 Å². The van der Waals surface area contributed by atoms with E-state index in [-0.39, 0.29) is 11.1 Å². The second-order valence-electron chi connectivity index (χ2n) is 2.53. The quantitative estimate of drug-likeness (QED) is 0.337. The van der Waals surface area contributed by atoms with Gasteiger partial charge in [0.15, 0.2) is 0 Å². The third kappa shape index (κ3) is 14.1. The lowest BCUT2D eigenvalue weighted by Gasteiger charge is -1.99. The number of hydrogen-bond acceptors (Lipinski definition) is 2. The SMILES string of the molecule is C=CCOCCCCCC(=O)F.F. The molecule has 13 heavy (non-hydrogen) atoms. The van der Waals surface area contributed by atoms with Crippen molar-refractivity contribution in [3.63, 3.8) is 0 Å². The Hall–Kier alpha value is -0.770. The van der Waals surface area contributed by atoms with Crippen molar-refractivity contribution in [1.29, 1.82) is 0 Å². The van der Waals surface area contributed by atoms with Crippen molar-refractivity contribution in [1.82, 2.24) is 0 Å². The van der Waals surface area contributed by atoms with Gasteiger partial charge in [0.05, 0.1) is 6.61 Å². The molecule has 0 N–H and O–H groups in total. The van der Waals surface area contributed by atoms with E-state index in [1.165, 1.54) is 0 Å². The summed E-state index contributed by atoms with van der Waals surface area (Å²) in [6.45, 7) is 4.72. The number of ether oxygens (including phenoxy) is 1. The summed E-state index contributed by atoms with van der Waals surface area (Å²) in [6.07, 6.45) is 4.06. The number of carbonyl (C=O) groups excluding carboxylic acids is 1. The highest BCUT2D eigenvalue weighted by molar-refractivity contribution is 5.67. The van der Waals surface area contributed by atoms with Gasteiger partial charge in [-0.1, -0.05) is 12.5 Å². The second-order valence-corrected chi connectivity index (χ2v) is 2.53. The van der Waals surface area contributed by atoms with Crippen LogP contribution >= 0.6 is 0 Å². The molecule has 0 saturated carbocycles. The number of carbonyl (C=O) groups is 1. The van der Waals surface area contributed by atoms with E-state index in [4.69, 9.17) is 4.74 Å². The van der Waals surface area contributed by atoms with Gasteiger partial charge in [-0.15, -0.1) is 6.58 Å². The predicted octanol–water partition coefficient (Wildman–Crippen LogP) is 2.40. The Bertz CT molecular complexity index is 138. The van der Waals surface area contributed by atoms with Gasteiger partial charge < -0.3 is 4.74 Å². The molecule has 4 heteroatoms. The predicted molar refractivity (Wildman–Crippen MR) is 48.1 cm³/mol. The average molecular weight is 194 g/mol. The standard InChI is InChI=1S/C9H15FO2.FH/c1-2-7-12-8-5-3-4-6-9(10)11;/h2H,1,3-8H2;1H. The molecule has 0 unspecified atom stereocenters. The first-order chi connectivity index (χ1) is 5.77. The van der Waals surface area contributed by atoms with Crippen molar-refractivity contribution in [2.45, 2.75) is 25.7 Å². The van der Waals surface area contributed by atoms with Crippen molar-refractivity contribution in [2.24, 2.45) is 0 Å². The van der Waals surface area contributed by atoms with Crippen molar-refractivity contribution in [3.8, 4) is 0 Å². The van der Waals surface area contributed by atoms with Gasteiger partial charge in [0.25, 0.3) is 0 Å². The number of hydrogen-bond donors (Lipinski definition) is 0. The fourth-order valence-electron chi connectivity index (χ4n) is 0.812. The van der Waals surface area contributed by atoms with Gasteiger partial charge in [0.1, 0.15) is 0 Å². The largest absolute Gasteiger partial charge is 0.377 e. The average Bonchev–Trinajstić information content (AvgIpc) is 2.02. The van der Waals surface area contributed by atoms with Crippen LogP contribution in [0.25, 0.3) is 0 Å². The van der Waals surface area contributed by atoms with Gasteiger partial charge in [0.2, 0.25) is 0 Å². The maximum absolute atomic E-state index is 11.6. The third-order valence-electron chi connectivity index (χ3n) is 1.40. The Morgan fingerprint density at radius 2 is 2.08 bits per heavy atom. The molecule has 0 aromatic carbocycles. The lowest BCUT2D eigenvalue weighted by molar-refractivity contribution is -0.129. The molecule has 0 aliphatic rings. The van der Waals surface area contributed by atoms with Gasteiger partial charge in [0, 0.05) is 13.0 Å². The topological polar surface area (TPSA) is 26.3 Å². The lowest BCUT2D eigenvalue weighted by atomic mass is 10.2. The molecule has 0 aromatic heterocycles. The van der Waals surface area contributed by atoms with E-state index in [9.17, 15) is 9.18 Å². The summed E-state index contributed by atoms with van der Waals surface area (Å²) in [5.74, 6) is 0. The molecule has 0 spiro atoms. The van der Waals surface area contributed by atoms with Crippen molar-refractivity contribution in [3.05, 3.63) is 12.7 Å². The summed E-state index contributed by atoms with van der Waals surface area (Å²) in [7, 11) is 0. The monoisotopic (exact) mass is 194 g/mol. The first-order valence-electron chi connectivity index (χ1n) is 4.14. The molecule has 0 amide bonds. The number of halogens is 2. The van der Waals surface area contributed by atoms with E-state index in [0.29, 0.717) is 19.6 Å². The van der Waals surface area contributed by atoms with Crippen LogP contribution in [0, 0.1) is 0 Å². The van der Waals surface area contributed by atoms with Gasteiger partial charge in [-0.3, -0.25) is 9.50 Å². The maximum Gasteiger partial charge on any atom is 0.301 e. The van der Waals surface area contributed by atoms with Gasteiger partial charge >= 0.3 is 6.04 Å². The Balaban J connectivity index is 0. The normalized spacial score (nSPS) is 9.00. The molecule has 0 rings (SSSR count). The fourth-order valence-corrected chi connectivity index (χ4v) is 0.812. The van der Waals surface area contributed by atoms with Crippen LogP contribution in [0.3, 0.4) is 0 Å². The summed E-state index contributed by atoms with van der Waals surface area (Å²) < 4.78 is 16.7. The van der Waals surface area contributed by atoms with Gasteiger partial charge in [-0.05, 0) is 12.8 Å². The fraction of sp³-hybridized carbons (Fsp3) is 0.667. The zero-order valence-electron chi connectivity index (χ0n) is 7.63. The summed E-state index contributed by atoms with van der Waals surface area (Å²) in [5.41, 5.74) is 0. The highest BCUT2D eigenvalue weighted by atomic mass is 19.1. The minimum atomic E-state index is -1.22. The van der Waals surface area contributed by atoms with Crippen LogP contribution in [0.15, 0.2) is 12.7 Å². The van der Waals surface area contributed by atoms with E-state index in [1.807, 2.05) is 0 Å². The minimum absolute atomic E-state index is 0. The first kappa shape index (κ1) is 14.7. The zero-order valence-corrected chi connectivity index (χ0v) is 7.63. The van der Waals surface area contributed by atoms with E-state index in [2.05, 4.69) is 6.58 Å². The molecule has 0 fully saturated rings. The zero-order chi connectivity index (χ0) is 9.23. The molecule has 0 heterocycles. The summed E-state index contributed by atoms with van der Waals surface area (Å²) in [5, 5.41) is 0. The van der Waals surface area contributed by atoms with Crippen LogP contribution in [0.1, 0.15) is 25.7 Å². The third-order valence-corrected chi connectivity index (χ3v) is 1.40. The van der Waals surface area contributed by atoms with Crippen molar-refractivity contribution >= 4 is 6.04 Å². The Labute approximate surface area is 77.1 Å². The molecule has 0 atom stereocenters. The summed E-state index contributed by atoms with van der Waals surface area (Å²) in [6, 6.07) is -1.22. The Kier molecular flexibility index (Phi) is 12.7. The van der Waals surface area contributed by atoms with Gasteiger partial charge in [-0.25, -0.2) is 0 Å². The van der Waals surface area contributed by atoms with E-state index in [0.717, 1.165) is 12.8 Å². The molecule has 0 radical (unpaired) electrons. The number of unbranched alkanes of at least 4 members (excludes halogenated alkanes) is 2. The molecule has 0 aliphatic carbocycles. The molecule has 0 bridgehead atoms. The van der Waals surface area contributed by atoms with Crippen LogP contribution in [0.4, 0.5) is 9.09 Å².